The first-order valence-corrected chi connectivity index (χ1v) is 14.0. The van der Waals surface area contributed by atoms with E-state index in [9.17, 15) is 0 Å². The summed E-state index contributed by atoms with van der Waals surface area (Å²) in [5.74, 6) is 1.61. The van der Waals surface area contributed by atoms with Crippen molar-refractivity contribution in [1.82, 2.24) is 0 Å². The standard InChI is InChI=1S/C34H50/c1-4-6-7-8-9-11-18-30(3)19-16-24-33-25-17-26-34(28-27-33)29-31(5-2)20-14-15-23-32-21-12-10-13-22-32/h4,6,9-13,21,25-28,31-32H,3,5,7-8,14-20,22-24,29H2,1-2H3. The van der Waals surface area contributed by atoms with Gasteiger partial charge in [0, 0.05) is 0 Å². The van der Waals surface area contributed by atoms with Gasteiger partial charge in [-0.1, -0.05) is 129 Å². The second kappa shape index (κ2) is 18.3. The van der Waals surface area contributed by atoms with Gasteiger partial charge in [0.15, 0.2) is 0 Å². The molecule has 0 heteroatoms. The number of unbranched alkanes of at least 4 members (excludes halogenated alkanes) is 2. The van der Waals surface area contributed by atoms with E-state index in [2.05, 4.69) is 93.3 Å². The fourth-order valence-corrected chi connectivity index (χ4v) is 4.89. The molecule has 0 N–H and O–H groups in total. The third-order valence-corrected chi connectivity index (χ3v) is 7.18. The van der Waals surface area contributed by atoms with Crippen molar-refractivity contribution in [2.24, 2.45) is 11.8 Å². The van der Waals surface area contributed by atoms with Crippen molar-refractivity contribution < 1.29 is 0 Å². The molecule has 0 saturated heterocycles. The zero-order valence-corrected chi connectivity index (χ0v) is 22.2. The predicted octanol–water partition coefficient (Wildman–Crippen LogP) is 10.9. The fourth-order valence-electron chi connectivity index (χ4n) is 4.89. The molecule has 0 nitrogen and oxygen atoms in total. The van der Waals surface area contributed by atoms with Gasteiger partial charge in [-0.2, -0.15) is 0 Å². The van der Waals surface area contributed by atoms with Crippen LogP contribution in [0.4, 0.5) is 0 Å². The van der Waals surface area contributed by atoms with E-state index in [0.29, 0.717) is 0 Å². The first-order chi connectivity index (χ1) is 16.7. The minimum atomic E-state index is 0.781. The Labute approximate surface area is 211 Å². The van der Waals surface area contributed by atoms with Gasteiger partial charge in [-0.05, 0) is 83.0 Å². The first-order valence-electron chi connectivity index (χ1n) is 14.0. The fraction of sp³-hybridized carbons (Fsp3) is 0.529. The minimum Gasteiger partial charge on any atom is -0.0995 e. The van der Waals surface area contributed by atoms with E-state index in [1.165, 1.54) is 68.9 Å². The highest BCUT2D eigenvalue weighted by atomic mass is 14.2. The number of allylic oxidation sites excluding steroid dienone is 15. The Kier molecular flexibility index (Phi) is 15.1. The smallest absolute Gasteiger partial charge is 0.0142 e. The van der Waals surface area contributed by atoms with Crippen LogP contribution in [0.15, 0.2) is 96.2 Å². The van der Waals surface area contributed by atoms with Crippen LogP contribution in [-0.2, 0) is 0 Å². The molecule has 34 heavy (non-hydrogen) atoms. The molecule has 2 rings (SSSR count). The second-order valence-corrected chi connectivity index (χ2v) is 10.1. The van der Waals surface area contributed by atoms with Crippen molar-refractivity contribution in [1.29, 1.82) is 0 Å². The quantitative estimate of drug-likeness (QED) is 0.150. The summed E-state index contributed by atoms with van der Waals surface area (Å²) in [6.45, 7) is 8.73. The molecule has 0 aliphatic heterocycles. The van der Waals surface area contributed by atoms with E-state index in [-0.39, 0.29) is 0 Å². The highest BCUT2D eigenvalue weighted by Gasteiger charge is 2.11. The van der Waals surface area contributed by atoms with E-state index in [1.54, 1.807) is 5.57 Å². The lowest BCUT2D eigenvalue weighted by molar-refractivity contribution is 0.428. The second-order valence-electron chi connectivity index (χ2n) is 10.1. The molecule has 2 aliphatic carbocycles. The van der Waals surface area contributed by atoms with Gasteiger partial charge >= 0.3 is 0 Å². The Morgan fingerprint density at radius 1 is 1.03 bits per heavy atom. The van der Waals surface area contributed by atoms with Gasteiger partial charge in [0.05, 0.1) is 0 Å². The first kappa shape index (κ1) is 28.2. The minimum absolute atomic E-state index is 0.781. The van der Waals surface area contributed by atoms with Crippen LogP contribution in [0.2, 0.25) is 0 Å². The molecule has 0 aromatic heterocycles. The van der Waals surface area contributed by atoms with Gasteiger partial charge in [-0.15, -0.1) is 0 Å². The van der Waals surface area contributed by atoms with Crippen LogP contribution < -0.4 is 0 Å². The van der Waals surface area contributed by atoms with Crippen molar-refractivity contribution in [3.63, 3.8) is 0 Å². The van der Waals surface area contributed by atoms with Crippen molar-refractivity contribution in [3.8, 4) is 0 Å². The van der Waals surface area contributed by atoms with Gasteiger partial charge in [-0.3, -0.25) is 0 Å². The highest BCUT2D eigenvalue weighted by Crippen LogP contribution is 2.27. The summed E-state index contributed by atoms with van der Waals surface area (Å²) >= 11 is 0. The molecule has 0 aromatic carbocycles. The maximum atomic E-state index is 4.28. The lowest BCUT2D eigenvalue weighted by atomic mass is 9.89. The monoisotopic (exact) mass is 458 g/mol. The molecule has 0 spiro atoms. The van der Waals surface area contributed by atoms with Gasteiger partial charge in [0.1, 0.15) is 0 Å². The van der Waals surface area contributed by atoms with Crippen molar-refractivity contribution in [3.05, 3.63) is 96.2 Å². The van der Waals surface area contributed by atoms with Crippen LogP contribution in [0.5, 0.6) is 0 Å². The molecule has 2 atom stereocenters. The molecule has 0 amide bonds. The molecule has 186 valence electrons. The third-order valence-electron chi connectivity index (χ3n) is 7.18. The summed E-state index contributed by atoms with van der Waals surface area (Å²) < 4.78 is 0. The molecular formula is C34H50. The van der Waals surface area contributed by atoms with Crippen LogP contribution in [0.1, 0.15) is 104 Å². The molecule has 0 fully saturated rings. The Morgan fingerprint density at radius 3 is 2.65 bits per heavy atom. The van der Waals surface area contributed by atoms with Crippen LogP contribution >= 0.6 is 0 Å². The molecule has 0 aromatic rings. The SMILES string of the molecule is C=C(CC=CCCC=CC)CCCC1=CCC=C(CC(CC)CCCCC2C=CC=CC2)C=C1. The molecule has 2 unspecified atom stereocenters. The normalized spacial score (nSPS) is 18.9. The Bertz CT molecular complexity index is 777. The summed E-state index contributed by atoms with van der Waals surface area (Å²) in [6, 6.07) is 0. The Hall–Kier alpha value is -2.08. The van der Waals surface area contributed by atoms with Crippen LogP contribution in [-0.4, -0.2) is 0 Å². The van der Waals surface area contributed by atoms with Gasteiger partial charge in [-0.25, -0.2) is 0 Å². The Morgan fingerprint density at radius 2 is 1.85 bits per heavy atom. The lowest BCUT2D eigenvalue weighted by Crippen LogP contribution is -2.02. The van der Waals surface area contributed by atoms with E-state index in [0.717, 1.165) is 43.9 Å². The molecule has 0 saturated carbocycles. The van der Waals surface area contributed by atoms with Crippen LogP contribution in [0.3, 0.4) is 0 Å². The van der Waals surface area contributed by atoms with Gasteiger partial charge in [0.2, 0.25) is 0 Å². The molecule has 0 radical (unpaired) electrons. The van der Waals surface area contributed by atoms with E-state index >= 15 is 0 Å². The number of hydrogen-bond acceptors (Lipinski definition) is 0. The van der Waals surface area contributed by atoms with Crippen LogP contribution in [0.25, 0.3) is 0 Å². The molecule has 2 aliphatic rings. The van der Waals surface area contributed by atoms with Crippen molar-refractivity contribution in [2.75, 3.05) is 0 Å². The van der Waals surface area contributed by atoms with E-state index in [4.69, 9.17) is 0 Å². The van der Waals surface area contributed by atoms with Crippen LogP contribution in [0, 0.1) is 11.8 Å². The molecular weight excluding hydrogens is 408 g/mol. The third kappa shape index (κ3) is 13.0. The Balaban J connectivity index is 1.61. The van der Waals surface area contributed by atoms with Crippen molar-refractivity contribution in [2.45, 2.75) is 104 Å². The molecule has 0 heterocycles. The van der Waals surface area contributed by atoms with E-state index < -0.39 is 0 Å². The maximum absolute atomic E-state index is 4.28. The summed E-state index contributed by atoms with van der Waals surface area (Å²) in [7, 11) is 0. The zero-order chi connectivity index (χ0) is 24.3. The summed E-state index contributed by atoms with van der Waals surface area (Å²) in [5, 5.41) is 0. The largest absolute Gasteiger partial charge is 0.0995 e. The predicted molar refractivity (Wildman–Crippen MR) is 154 cm³/mol. The number of rotatable bonds is 17. The highest BCUT2D eigenvalue weighted by molar-refractivity contribution is 5.32. The van der Waals surface area contributed by atoms with Gasteiger partial charge < -0.3 is 0 Å². The zero-order valence-electron chi connectivity index (χ0n) is 22.2. The summed E-state index contributed by atoms with van der Waals surface area (Å²) in [4.78, 5) is 0. The maximum Gasteiger partial charge on any atom is -0.0142 e. The topological polar surface area (TPSA) is 0 Å². The summed E-state index contributed by atoms with van der Waals surface area (Å²) in [6.07, 6.45) is 44.9. The molecule has 0 bridgehead atoms. The van der Waals surface area contributed by atoms with Gasteiger partial charge in [0.25, 0.3) is 0 Å². The van der Waals surface area contributed by atoms with Crippen molar-refractivity contribution >= 4 is 0 Å². The van der Waals surface area contributed by atoms with E-state index in [1.807, 2.05) is 0 Å². The average Bonchev–Trinajstić information content (AvgIpc) is 3.09. The average molecular weight is 459 g/mol. The summed E-state index contributed by atoms with van der Waals surface area (Å²) in [5.41, 5.74) is 4.41. The number of hydrogen-bond donors (Lipinski definition) is 0. The lowest BCUT2D eigenvalue weighted by Gasteiger charge is -2.17.